The minimum absolute atomic E-state index is 0.216. The highest BCUT2D eigenvalue weighted by Crippen LogP contribution is 2.25. The maximum absolute atomic E-state index is 13.7. The van der Waals surface area contributed by atoms with Crippen LogP contribution < -0.4 is 5.32 Å². The normalized spacial score (nSPS) is 13.9. The molecule has 0 bridgehead atoms. The van der Waals surface area contributed by atoms with Crippen LogP contribution in [-0.4, -0.2) is 18.0 Å². The van der Waals surface area contributed by atoms with Gasteiger partial charge in [-0.05, 0) is 67.6 Å². The molecule has 25 heavy (non-hydrogen) atoms. The van der Waals surface area contributed by atoms with Gasteiger partial charge in [0.2, 0.25) is 0 Å². The minimum atomic E-state index is -1.04. The summed E-state index contributed by atoms with van der Waals surface area (Å²) >= 11 is 3.17. The largest absolute Gasteiger partial charge is 0.449 e. The van der Waals surface area contributed by atoms with Crippen molar-refractivity contribution in [2.24, 2.45) is 0 Å². The number of carbonyl (C=O) groups excluding carboxylic acids is 2. The van der Waals surface area contributed by atoms with E-state index in [1.54, 1.807) is 0 Å². The number of halogens is 2. The Morgan fingerprint density at radius 2 is 1.92 bits per heavy atom. The van der Waals surface area contributed by atoms with Gasteiger partial charge in [-0.2, -0.15) is 0 Å². The van der Waals surface area contributed by atoms with Gasteiger partial charge in [-0.3, -0.25) is 4.79 Å². The molecule has 1 aliphatic carbocycles. The van der Waals surface area contributed by atoms with E-state index in [1.807, 2.05) is 18.2 Å². The lowest BCUT2D eigenvalue weighted by Gasteiger charge is -2.14. The topological polar surface area (TPSA) is 55.4 Å². The van der Waals surface area contributed by atoms with Gasteiger partial charge in [-0.1, -0.05) is 22.0 Å². The van der Waals surface area contributed by atoms with Crippen LogP contribution in [-0.2, 0) is 22.4 Å². The number of amides is 1. The number of ether oxygens (including phenoxy) is 1. The molecule has 0 aromatic heterocycles. The van der Waals surface area contributed by atoms with Gasteiger partial charge in [0.15, 0.2) is 6.10 Å². The van der Waals surface area contributed by atoms with Crippen LogP contribution in [0.5, 0.6) is 0 Å². The monoisotopic (exact) mass is 405 g/mol. The van der Waals surface area contributed by atoms with Gasteiger partial charge in [0.05, 0.1) is 5.56 Å². The SMILES string of the molecule is C[C@H](OC(=O)c1cc(Br)ccc1F)C(=O)Nc1ccc2c(c1)CCC2. The summed E-state index contributed by atoms with van der Waals surface area (Å²) in [5.74, 6) is -2.03. The second-order valence-electron chi connectivity index (χ2n) is 6.00. The predicted molar refractivity (Wildman–Crippen MR) is 96.1 cm³/mol. The quantitative estimate of drug-likeness (QED) is 0.773. The van der Waals surface area contributed by atoms with Crippen molar-refractivity contribution in [3.63, 3.8) is 0 Å². The zero-order chi connectivity index (χ0) is 18.0. The fourth-order valence-electron chi connectivity index (χ4n) is 2.82. The molecular weight excluding hydrogens is 389 g/mol. The summed E-state index contributed by atoms with van der Waals surface area (Å²) in [6.45, 7) is 1.45. The summed E-state index contributed by atoms with van der Waals surface area (Å²) in [5.41, 5.74) is 3.00. The first-order valence-corrected chi connectivity index (χ1v) is 8.82. The summed E-state index contributed by atoms with van der Waals surface area (Å²) in [6.07, 6.45) is 2.15. The standard InChI is InChI=1S/C19H17BrFNO3/c1-11(25-19(24)16-10-14(20)6-8-17(16)21)18(23)22-15-7-5-12-3-2-4-13(12)9-15/h5-11H,2-4H2,1H3,(H,22,23)/t11-/m0/s1. The van der Waals surface area contributed by atoms with Crippen molar-refractivity contribution in [2.75, 3.05) is 5.32 Å². The Kier molecular flexibility index (Phi) is 5.18. The molecule has 1 N–H and O–H groups in total. The van der Waals surface area contributed by atoms with E-state index in [0.29, 0.717) is 10.2 Å². The van der Waals surface area contributed by atoms with E-state index >= 15 is 0 Å². The Morgan fingerprint density at radius 1 is 1.16 bits per heavy atom. The molecule has 0 aliphatic heterocycles. The molecule has 4 nitrogen and oxygen atoms in total. The number of benzene rings is 2. The maximum atomic E-state index is 13.7. The smallest absolute Gasteiger partial charge is 0.341 e. The second-order valence-corrected chi connectivity index (χ2v) is 6.91. The molecule has 0 saturated heterocycles. The Bertz CT molecular complexity index is 837. The average molecular weight is 406 g/mol. The molecular formula is C19H17BrFNO3. The molecule has 0 radical (unpaired) electrons. The van der Waals surface area contributed by atoms with E-state index < -0.39 is 23.8 Å². The van der Waals surface area contributed by atoms with Crippen LogP contribution in [0.15, 0.2) is 40.9 Å². The Morgan fingerprint density at radius 3 is 2.72 bits per heavy atom. The third-order valence-electron chi connectivity index (χ3n) is 4.17. The van der Waals surface area contributed by atoms with Crippen LogP contribution in [0.1, 0.15) is 34.8 Å². The van der Waals surface area contributed by atoms with Crippen LogP contribution in [0.4, 0.5) is 10.1 Å². The average Bonchev–Trinajstić information content (AvgIpc) is 3.04. The summed E-state index contributed by atoms with van der Waals surface area (Å²) in [5, 5.41) is 2.74. The molecule has 0 fully saturated rings. The van der Waals surface area contributed by atoms with Crippen molar-refractivity contribution in [3.8, 4) is 0 Å². The molecule has 0 saturated carbocycles. The first kappa shape index (κ1) is 17.6. The minimum Gasteiger partial charge on any atom is -0.449 e. The second kappa shape index (κ2) is 7.35. The van der Waals surface area contributed by atoms with E-state index in [1.165, 1.54) is 30.2 Å². The molecule has 1 amide bonds. The van der Waals surface area contributed by atoms with Crippen molar-refractivity contribution in [2.45, 2.75) is 32.3 Å². The number of nitrogens with one attached hydrogen (secondary N) is 1. The zero-order valence-corrected chi connectivity index (χ0v) is 15.2. The van der Waals surface area contributed by atoms with Gasteiger partial charge in [0.1, 0.15) is 5.82 Å². The number of fused-ring (bicyclic) bond motifs is 1. The molecule has 6 heteroatoms. The van der Waals surface area contributed by atoms with Gasteiger partial charge in [0, 0.05) is 10.2 Å². The van der Waals surface area contributed by atoms with E-state index in [0.717, 1.165) is 25.3 Å². The highest BCUT2D eigenvalue weighted by atomic mass is 79.9. The lowest BCUT2D eigenvalue weighted by Crippen LogP contribution is -2.30. The molecule has 2 aromatic carbocycles. The summed E-state index contributed by atoms with van der Waals surface area (Å²) in [7, 11) is 0. The third-order valence-corrected chi connectivity index (χ3v) is 4.66. The Balaban J connectivity index is 1.64. The van der Waals surface area contributed by atoms with E-state index in [2.05, 4.69) is 21.2 Å². The number of anilines is 1. The van der Waals surface area contributed by atoms with Crippen molar-refractivity contribution in [1.29, 1.82) is 0 Å². The van der Waals surface area contributed by atoms with Crippen LogP contribution in [0, 0.1) is 5.82 Å². The highest BCUT2D eigenvalue weighted by Gasteiger charge is 2.22. The zero-order valence-electron chi connectivity index (χ0n) is 13.6. The number of hydrogen-bond donors (Lipinski definition) is 1. The Labute approximate surface area is 153 Å². The summed E-state index contributed by atoms with van der Waals surface area (Å²) < 4.78 is 19.4. The highest BCUT2D eigenvalue weighted by molar-refractivity contribution is 9.10. The summed E-state index contributed by atoms with van der Waals surface area (Å²) in [4.78, 5) is 24.3. The van der Waals surface area contributed by atoms with Crippen molar-refractivity contribution in [3.05, 3.63) is 63.4 Å². The maximum Gasteiger partial charge on any atom is 0.341 e. The number of aryl methyl sites for hydroxylation is 2. The fourth-order valence-corrected chi connectivity index (χ4v) is 3.19. The molecule has 3 rings (SSSR count). The van der Waals surface area contributed by atoms with Crippen LogP contribution in [0.25, 0.3) is 0 Å². The van der Waals surface area contributed by atoms with E-state index in [-0.39, 0.29) is 5.56 Å². The third kappa shape index (κ3) is 4.07. The number of rotatable bonds is 4. The van der Waals surface area contributed by atoms with Gasteiger partial charge >= 0.3 is 5.97 Å². The van der Waals surface area contributed by atoms with E-state index in [9.17, 15) is 14.0 Å². The van der Waals surface area contributed by atoms with Gasteiger partial charge < -0.3 is 10.1 Å². The van der Waals surface area contributed by atoms with Crippen molar-refractivity contribution >= 4 is 33.5 Å². The predicted octanol–water partition coefficient (Wildman–Crippen LogP) is 4.26. The lowest BCUT2D eigenvalue weighted by molar-refractivity contribution is -0.123. The van der Waals surface area contributed by atoms with Gasteiger partial charge in [-0.25, -0.2) is 9.18 Å². The van der Waals surface area contributed by atoms with Crippen molar-refractivity contribution in [1.82, 2.24) is 0 Å². The molecule has 0 spiro atoms. The molecule has 0 unspecified atom stereocenters. The van der Waals surface area contributed by atoms with Crippen LogP contribution >= 0.6 is 15.9 Å². The number of hydrogen-bond acceptors (Lipinski definition) is 3. The van der Waals surface area contributed by atoms with Crippen LogP contribution in [0.2, 0.25) is 0 Å². The van der Waals surface area contributed by atoms with Gasteiger partial charge in [0.25, 0.3) is 5.91 Å². The molecule has 1 atom stereocenters. The van der Waals surface area contributed by atoms with E-state index in [4.69, 9.17) is 4.74 Å². The van der Waals surface area contributed by atoms with Gasteiger partial charge in [-0.15, -0.1) is 0 Å². The lowest BCUT2D eigenvalue weighted by atomic mass is 10.1. The number of esters is 1. The molecule has 130 valence electrons. The molecule has 2 aromatic rings. The Hall–Kier alpha value is -2.21. The number of carbonyl (C=O) groups is 2. The fraction of sp³-hybridized carbons (Fsp3) is 0.263. The first-order chi connectivity index (χ1) is 11.9. The first-order valence-electron chi connectivity index (χ1n) is 8.03. The molecule has 1 aliphatic rings. The van der Waals surface area contributed by atoms with Crippen molar-refractivity contribution < 1.29 is 18.7 Å². The summed E-state index contributed by atoms with van der Waals surface area (Å²) in [6, 6.07) is 9.76. The molecule has 0 heterocycles. The van der Waals surface area contributed by atoms with Crippen LogP contribution in [0.3, 0.4) is 0 Å².